The van der Waals surface area contributed by atoms with Crippen molar-refractivity contribution in [2.24, 2.45) is 0 Å². The van der Waals surface area contributed by atoms with Gasteiger partial charge in [-0.1, -0.05) is 47.7 Å². The average Bonchev–Trinajstić information content (AvgIpc) is 2.40. The first kappa shape index (κ1) is 12.7. The second kappa shape index (κ2) is 6.26. The molecular formula is C16H13ClO. The van der Waals surface area contributed by atoms with Crippen molar-refractivity contribution in [1.82, 2.24) is 0 Å². The third-order valence-corrected chi connectivity index (χ3v) is 2.75. The summed E-state index contributed by atoms with van der Waals surface area (Å²) in [5.74, 6) is 5.90. The summed E-state index contributed by atoms with van der Waals surface area (Å²) in [6.07, 6.45) is 0.510. The van der Waals surface area contributed by atoms with Crippen LogP contribution < -0.4 is 0 Å². The molecule has 0 unspecified atom stereocenters. The molecule has 0 radical (unpaired) electrons. The van der Waals surface area contributed by atoms with Crippen molar-refractivity contribution in [2.45, 2.75) is 6.42 Å². The molecule has 0 bridgehead atoms. The first-order valence-corrected chi connectivity index (χ1v) is 6.13. The van der Waals surface area contributed by atoms with E-state index in [1.54, 1.807) is 0 Å². The molecule has 90 valence electrons. The van der Waals surface area contributed by atoms with E-state index in [9.17, 15) is 0 Å². The minimum Gasteiger partial charge on any atom is -0.395 e. The highest BCUT2D eigenvalue weighted by Gasteiger charge is 1.97. The Hall–Kier alpha value is -1.75. The molecular weight excluding hydrogens is 244 g/mol. The lowest BCUT2D eigenvalue weighted by Gasteiger charge is -2.02. The zero-order valence-corrected chi connectivity index (χ0v) is 10.6. The van der Waals surface area contributed by atoms with E-state index >= 15 is 0 Å². The van der Waals surface area contributed by atoms with Crippen LogP contribution in [0.2, 0.25) is 5.02 Å². The van der Waals surface area contributed by atoms with E-state index in [2.05, 4.69) is 11.8 Å². The van der Waals surface area contributed by atoms with E-state index < -0.39 is 0 Å². The van der Waals surface area contributed by atoms with Crippen LogP contribution in [0, 0.1) is 11.8 Å². The second-order valence-corrected chi connectivity index (χ2v) is 4.30. The zero-order valence-electron chi connectivity index (χ0n) is 9.86. The molecule has 0 saturated heterocycles. The van der Waals surface area contributed by atoms with Gasteiger partial charge in [0.05, 0.1) is 6.61 Å². The van der Waals surface area contributed by atoms with E-state index in [0.717, 1.165) is 21.7 Å². The molecule has 1 nitrogen and oxygen atoms in total. The summed E-state index contributed by atoms with van der Waals surface area (Å²) in [5.41, 5.74) is 3.16. The lowest BCUT2D eigenvalue weighted by Crippen LogP contribution is -1.80. The molecule has 0 aliphatic rings. The quantitative estimate of drug-likeness (QED) is 0.812. The number of aliphatic hydroxyl groups is 1. The van der Waals surface area contributed by atoms with Gasteiger partial charge in [0.1, 0.15) is 0 Å². The van der Waals surface area contributed by atoms with Crippen LogP contribution in [0.1, 0.15) is 12.0 Å². The molecule has 1 N–H and O–H groups in total. The van der Waals surface area contributed by atoms with Crippen molar-refractivity contribution >= 4 is 11.6 Å². The van der Waals surface area contributed by atoms with Gasteiger partial charge in [-0.3, -0.25) is 0 Å². The fraction of sp³-hybridized carbons (Fsp3) is 0.125. The standard InChI is InChI=1S/C16H13ClO/c17-16-6-3-5-15(12-16)14-9-7-13(8-10-14)4-1-2-11-18/h3,5-10,12,18H,2,11H2. The molecule has 0 aliphatic carbocycles. The van der Waals surface area contributed by atoms with Crippen molar-refractivity contribution in [3.05, 3.63) is 59.1 Å². The number of hydrogen-bond acceptors (Lipinski definition) is 1. The Bertz CT molecular complexity index is 576. The largest absolute Gasteiger partial charge is 0.395 e. The van der Waals surface area contributed by atoms with Gasteiger partial charge in [0.2, 0.25) is 0 Å². The van der Waals surface area contributed by atoms with Crippen molar-refractivity contribution in [3.8, 4) is 23.0 Å². The molecule has 0 aromatic heterocycles. The van der Waals surface area contributed by atoms with Gasteiger partial charge in [0.15, 0.2) is 0 Å². The maximum absolute atomic E-state index is 8.65. The maximum atomic E-state index is 8.65. The molecule has 0 spiro atoms. The zero-order chi connectivity index (χ0) is 12.8. The summed E-state index contributed by atoms with van der Waals surface area (Å²) in [6, 6.07) is 15.8. The van der Waals surface area contributed by atoms with E-state index in [-0.39, 0.29) is 6.61 Å². The number of benzene rings is 2. The van der Waals surface area contributed by atoms with Crippen molar-refractivity contribution in [3.63, 3.8) is 0 Å². The Balaban J connectivity index is 2.20. The highest BCUT2D eigenvalue weighted by atomic mass is 35.5. The summed E-state index contributed by atoms with van der Waals surface area (Å²) >= 11 is 5.96. The van der Waals surface area contributed by atoms with Crippen LogP contribution in [0.4, 0.5) is 0 Å². The number of aliphatic hydroxyl groups excluding tert-OH is 1. The summed E-state index contributed by atoms with van der Waals surface area (Å²) < 4.78 is 0. The van der Waals surface area contributed by atoms with Gasteiger partial charge < -0.3 is 5.11 Å². The summed E-state index contributed by atoms with van der Waals surface area (Å²) in [7, 11) is 0. The Kier molecular flexibility index (Phi) is 4.41. The average molecular weight is 257 g/mol. The van der Waals surface area contributed by atoms with Crippen LogP contribution >= 0.6 is 11.6 Å². The third-order valence-electron chi connectivity index (χ3n) is 2.51. The van der Waals surface area contributed by atoms with E-state index in [4.69, 9.17) is 16.7 Å². The van der Waals surface area contributed by atoms with Crippen LogP contribution in [-0.2, 0) is 0 Å². The molecule has 2 rings (SSSR count). The van der Waals surface area contributed by atoms with Crippen LogP contribution in [0.25, 0.3) is 11.1 Å². The summed E-state index contributed by atoms with van der Waals surface area (Å²) in [5, 5.41) is 9.38. The molecule has 0 saturated carbocycles. The molecule has 0 amide bonds. The van der Waals surface area contributed by atoms with Crippen molar-refractivity contribution < 1.29 is 5.11 Å². The highest BCUT2D eigenvalue weighted by Crippen LogP contribution is 2.22. The number of halogens is 1. The maximum Gasteiger partial charge on any atom is 0.0540 e. The van der Waals surface area contributed by atoms with E-state index in [0.29, 0.717) is 6.42 Å². The van der Waals surface area contributed by atoms with Gasteiger partial charge >= 0.3 is 0 Å². The van der Waals surface area contributed by atoms with Gasteiger partial charge in [-0.2, -0.15) is 0 Å². The number of hydrogen-bond donors (Lipinski definition) is 1. The minimum absolute atomic E-state index is 0.105. The minimum atomic E-state index is 0.105. The highest BCUT2D eigenvalue weighted by molar-refractivity contribution is 6.30. The molecule has 0 fully saturated rings. The summed E-state index contributed by atoms with van der Waals surface area (Å²) in [6.45, 7) is 0.105. The van der Waals surface area contributed by atoms with E-state index in [1.165, 1.54) is 0 Å². The molecule has 2 aromatic carbocycles. The van der Waals surface area contributed by atoms with Crippen LogP contribution in [0.3, 0.4) is 0 Å². The normalized spacial score (nSPS) is 9.67. The van der Waals surface area contributed by atoms with Gasteiger partial charge in [-0.15, -0.1) is 0 Å². The van der Waals surface area contributed by atoms with Gasteiger partial charge in [-0.25, -0.2) is 0 Å². The van der Waals surface area contributed by atoms with Crippen molar-refractivity contribution in [1.29, 1.82) is 0 Å². The Morgan fingerprint density at radius 2 is 1.78 bits per heavy atom. The number of rotatable bonds is 2. The lowest BCUT2D eigenvalue weighted by molar-refractivity contribution is 0.305. The van der Waals surface area contributed by atoms with Gasteiger partial charge in [0.25, 0.3) is 0 Å². The van der Waals surface area contributed by atoms with Crippen LogP contribution in [0.15, 0.2) is 48.5 Å². The van der Waals surface area contributed by atoms with Crippen molar-refractivity contribution in [2.75, 3.05) is 6.61 Å². The molecule has 18 heavy (non-hydrogen) atoms. The van der Waals surface area contributed by atoms with E-state index in [1.807, 2.05) is 48.5 Å². The molecule has 0 heterocycles. The molecule has 2 heteroatoms. The first-order chi connectivity index (χ1) is 8.79. The molecule has 0 aliphatic heterocycles. The fourth-order valence-electron chi connectivity index (χ4n) is 1.63. The monoisotopic (exact) mass is 256 g/mol. The molecule has 0 atom stereocenters. The Morgan fingerprint density at radius 3 is 2.44 bits per heavy atom. The first-order valence-electron chi connectivity index (χ1n) is 5.75. The Morgan fingerprint density at radius 1 is 1.00 bits per heavy atom. The smallest absolute Gasteiger partial charge is 0.0540 e. The van der Waals surface area contributed by atoms with Gasteiger partial charge in [-0.05, 0) is 35.4 Å². The lowest BCUT2D eigenvalue weighted by atomic mass is 10.0. The van der Waals surface area contributed by atoms with Gasteiger partial charge in [0, 0.05) is 17.0 Å². The Labute approximate surface area is 112 Å². The molecule has 2 aromatic rings. The SMILES string of the molecule is OCCC#Cc1ccc(-c2cccc(Cl)c2)cc1. The van der Waals surface area contributed by atoms with Crippen LogP contribution in [-0.4, -0.2) is 11.7 Å². The third kappa shape index (κ3) is 3.37. The second-order valence-electron chi connectivity index (χ2n) is 3.86. The predicted molar refractivity (Wildman–Crippen MR) is 75.5 cm³/mol. The van der Waals surface area contributed by atoms with Crippen LogP contribution in [0.5, 0.6) is 0 Å². The topological polar surface area (TPSA) is 20.2 Å². The summed E-state index contributed by atoms with van der Waals surface area (Å²) in [4.78, 5) is 0. The predicted octanol–water partition coefficient (Wildman–Crippen LogP) is 3.74. The fourth-order valence-corrected chi connectivity index (χ4v) is 1.82.